The highest BCUT2D eigenvalue weighted by Gasteiger charge is 2.27. The van der Waals surface area contributed by atoms with Crippen LogP contribution in [0.4, 0.5) is 4.39 Å². The highest BCUT2D eigenvalue weighted by Crippen LogP contribution is 2.29. The number of nitrogens with zero attached hydrogens (tertiary/aromatic N) is 1. The third kappa shape index (κ3) is 5.18. The maximum Gasteiger partial charge on any atom is 0.247 e. The average molecular weight is 415 g/mol. The minimum atomic E-state index is -3.99. The molecule has 2 rings (SSSR count). The van der Waals surface area contributed by atoms with E-state index in [9.17, 15) is 17.6 Å². The highest BCUT2D eigenvalue weighted by molar-refractivity contribution is 7.89. The molecule has 0 aliphatic heterocycles. The smallest absolute Gasteiger partial charge is 0.247 e. The molecule has 1 amide bonds. The van der Waals surface area contributed by atoms with Crippen molar-refractivity contribution in [3.8, 4) is 5.75 Å². The molecular weight excluding hydrogens is 395 g/mol. The Morgan fingerprint density at radius 1 is 1.26 bits per heavy atom. The second-order valence-corrected chi connectivity index (χ2v) is 8.35. The van der Waals surface area contributed by atoms with Gasteiger partial charge in [-0.1, -0.05) is 23.7 Å². The van der Waals surface area contributed by atoms with Gasteiger partial charge < -0.3 is 10.1 Å². The summed E-state index contributed by atoms with van der Waals surface area (Å²) >= 11 is 5.89. The van der Waals surface area contributed by atoms with Gasteiger partial charge in [-0.05, 0) is 42.8 Å². The number of hydrogen-bond donors (Lipinski definition) is 1. The maximum atomic E-state index is 13.0. The van der Waals surface area contributed by atoms with Crippen LogP contribution in [-0.4, -0.2) is 39.3 Å². The van der Waals surface area contributed by atoms with Gasteiger partial charge >= 0.3 is 0 Å². The molecule has 0 aliphatic rings. The number of rotatable bonds is 7. The molecule has 0 fully saturated rings. The van der Waals surface area contributed by atoms with E-state index in [2.05, 4.69) is 5.32 Å². The van der Waals surface area contributed by atoms with Gasteiger partial charge in [0.05, 0.1) is 19.7 Å². The van der Waals surface area contributed by atoms with E-state index >= 15 is 0 Å². The number of ether oxygens (including phenoxy) is 1. The maximum absolute atomic E-state index is 13.0. The summed E-state index contributed by atoms with van der Waals surface area (Å²) in [7, 11) is -1.36. The molecule has 0 spiro atoms. The van der Waals surface area contributed by atoms with Crippen molar-refractivity contribution in [3.63, 3.8) is 0 Å². The van der Waals surface area contributed by atoms with Gasteiger partial charge in [-0.2, -0.15) is 4.31 Å². The number of hydrogen-bond acceptors (Lipinski definition) is 4. The summed E-state index contributed by atoms with van der Waals surface area (Å²) in [5, 5.41) is 2.92. The highest BCUT2D eigenvalue weighted by atomic mass is 35.5. The number of nitrogens with one attached hydrogen (secondary N) is 1. The molecule has 0 saturated carbocycles. The van der Waals surface area contributed by atoms with Gasteiger partial charge in [0.25, 0.3) is 0 Å². The van der Waals surface area contributed by atoms with Crippen LogP contribution in [0.1, 0.15) is 18.5 Å². The van der Waals surface area contributed by atoms with E-state index in [-0.39, 0.29) is 21.5 Å². The Hall–Kier alpha value is -2.16. The van der Waals surface area contributed by atoms with Crippen LogP contribution >= 0.6 is 11.6 Å². The lowest BCUT2D eigenvalue weighted by atomic mass is 10.1. The molecule has 2 aromatic rings. The number of benzene rings is 2. The van der Waals surface area contributed by atoms with E-state index in [0.29, 0.717) is 5.56 Å². The summed E-state index contributed by atoms with van der Waals surface area (Å²) in [4.78, 5) is 12.1. The zero-order valence-corrected chi connectivity index (χ0v) is 16.6. The number of halogens is 2. The number of amides is 1. The van der Waals surface area contributed by atoms with Crippen molar-refractivity contribution in [2.24, 2.45) is 0 Å². The van der Waals surface area contributed by atoms with Crippen molar-refractivity contribution in [2.75, 3.05) is 20.7 Å². The van der Waals surface area contributed by atoms with Crippen molar-refractivity contribution in [3.05, 3.63) is 58.9 Å². The SMILES string of the molecule is COc1ccc(Cl)cc1S(=O)(=O)N(C)CC(=O)NC(C)c1ccc(F)cc1. The summed E-state index contributed by atoms with van der Waals surface area (Å²) in [6, 6.07) is 9.51. The summed E-state index contributed by atoms with van der Waals surface area (Å²) in [5.41, 5.74) is 0.701. The van der Waals surface area contributed by atoms with Crippen LogP contribution in [0.3, 0.4) is 0 Å². The molecule has 27 heavy (non-hydrogen) atoms. The number of methoxy groups -OCH3 is 1. The molecule has 6 nitrogen and oxygen atoms in total. The van der Waals surface area contributed by atoms with Crippen molar-refractivity contribution in [2.45, 2.75) is 17.9 Å². The fourth-order valence-corrected chi connectivity index (χ4v) is 3.97. The Bertz CT molecular complexity index is 919. The van der Waals surface area contributed by atoms with Crippen molar-refractivity contribution in [1.82, 2.24) is 9.62 Å². The molecule has 9 heteroatoms. The average Bonchev–Trinajstić information content (AvgIpc) is 2.61. The van der Waals surface area contributed by atoms with Crippen LogP contribution in [0, 0.1) is 5.82 Å². The molecule has 1 N–H and O–H groups in total. The number of sulfonamides is 1. The molecule has 2 aromatic carbocycles. The second-order valence-electron chi connectivity index (χ2n) is 5.90. The summed E-state index contributed by atoms with van der Waals surface area (Å²) in [5.74, 6) is -0.746. The van der Waals surface area contributed by atoms with E-state index in [0.717, 1.165) is 4.31 Å². The zero-order chi connectivity index (χ0) is 20.2. The fraction of sp³-hybridized carbons (Fsp3) is 0.278. The van der Waals surface area contributed by atoms with Gasteiger partial charge in [-0.15, -0.1) is 0 Å². The fourth-order valence-electron chi connectivity index (χ4n) is 2.43. The second kappa shape index (κ2) is 8.69. The molecule has 146 valence electrons. The summed E-state index contributed by atoms with van der Waals surface area (Å²) < 4.78 is 44.5. The molecule has 1 atom stereocenters. The molecule has 0 saturated heterocycles. The molecular formula is C18H20ClFN2O4S. The molecule has 0 bridgehead atoms. The largest absolute Gasteiger partial charge is 0.495 e. The van der Waals surface area contributed by atoms with E-state index in [1.54, 1.807) is 19.1 Å². The van der Waals surface area contributed by atoms with Crippen LogP contribution in [0.5, 0.6) is 5.75 Å². The molecule has 0 heterocycles. The van der Waals surface area contributed by atoms with Gasteiger partial charge in [-0.25, -0.2) is 12.8 Å². The monoisotopic (exact) mass is 414 g/mol. The van der Waals surface area contributed by atoms with E-state index < -0.39 is 28.5 Å². The first-order chi connectivity index (χ1) is 12.6. The Morgan fingerprint density at radius 2 is 1.89 bits per heavy atom. The van der Waals surface area contributed by atoms with E-state index in [1.807, 2.05) is 0 Å². The number of likely N-dealkylation sites (N-methyl/N-ethyl adjacent to an activating group) is 1. The predicted octanol–water partition coefficient (Wildman–Crippen LogP) is 2.99. The molecule has 0 aliphatic carbocycles. The first-order valence-electron chi connectivity index (χ1n) is 8.00. The lowest BCUT2D eigenvalue weighted by molar-refractivity contribution is -0.121. The molecule has 0 radical (unpaired) electrons. The minimum Gasteiger partial charge on any atom is -0.495 e. The third-order valence-corrected chi connectivity index (χ3v) is 5.99. The normalized spacial score (nSPS) is 12.7. The van der Waals surface area contributed by atoms with E-state index in [4.69, 9.17) is 16.3 Å². The first-order valence-corrected chi connectivity index (χ1v) is 9.81. The molecule has 0 aromatic heterocycles. The van der Waals surface area contributed by atoms with Gasteiger partial charge in [0.2, 0.25) is 15.9 Å². The topological polar surface area (TPSA) is 75.7 Å². The van der Waals surface area contributed by atoms with Gasteiger partial charge in [0.15, 0.2) is 0 Å². The Balaban J connectivity index is 2.11. The van der Waals surface area contributed by atoms with Crippen molar-refractivity contribution in [1.29, 1.82) is 0 Å². The van der Waals surface area contributed by atoms with Gasteiger partial charge in [0.1, 0.15) is 16.5 Å². The van der Waals surface area contributed by atoms with Crippen LogP contribution < -0.4 is 10.1 Å². The van der Waals surface area contributed by atoms with Crippen LogP contribution in [0.25, 0.3) is 0 Å². The van der Waals surface area contributed by atoms with Crippen LogP contribution in [0.15, 0.2) is 47.4 Å². The van der Waals surface area contributed by atoms with E-state index in [1.165, 1.54) is 44.5 Å². The predicted molar refractivity (Wildman–Crippen MR) is 101 cm³/mol. The lowest BCUT2D eigenvalue weighted by Crippen LogP contribution is -2.39. The quantitative estimate of drug-likeness (QED) is 0.755. The van der Waals surface area contributed by atoms with Crippen LogP contribution in [0.2, 0.25) is 5.02 Å². The molecule has 1 unspecified atom stereocenters. The van der Waals surface area contributed by atoms with Crippen molar-refractivity contribution < 1.29 is 22.3 Å². The minimum absolute atomic E-state index is 0.126. The lowest BCUT2D eigenvalue weighted by Gasteiger charge is -2.20. The van der Waals surface area contributed by atoms with Crippen molar-refractivity contribution >= 4 is 27.5 Å². The van der Waals surface area contributed by atoms with Crippen LogP contribution in [-0.2, 0) is 14.8 Å². The Labute approximate surface area is 162 Å². The Morgan fingerprint density at radius 3 is 2.48 bits per heavy atom. The Kier molecular flexibility index (Phi) is 6.80. The summed E-state index contributed by atoms with van der Waals surface area (Å²) in [6.45, 7) is 1.32. The summed E-state index contributed by atoms with van der Waals surface area (Å²) in [6.07, 6.45) is 0. The third-order valence-electron chi connectivity index (χ3n) is 3.93. The first kappa shape index (κ1) is 21.1. The van der Waals surface area contributed by atoms with Gasteiger partial charge in [0, 0.05) is 12.1 Å². The van der Waals surface area contributed by atoms with Gasteiger partial charge in [-0.3, -0.25) is 4.79 Å². The standard InChI is InChI=1S/C18H20ClFN2O4S/c1-12(13-4-7-15(20)8-5-13)21-18(23)11-22(2)27(24,25)17-10-14(19)6-9-16(17)26-3/h4-10,12H,11H2,1-3H3,(H,21,23). The number of carbonyl (C=O) groups is 1. The zero-order valence-electron chi connectivity index (χ0n) is 15.1. The number of carbonyl (C=O) groups excluding carboxylic acids is 1.